The van der Waals surface area contributed by atoms with Crippen LogP contribution >= 0.6 is 0 Å². The first-order valence-corrected chi connectivity index (χ1v) is 6.40. The smallest absolute Gasteiger partial charge is 0.251 e. The fraction of sp³-hybridized carbons (Fsp3) is 0.267. The topological polar surface area (TPSA) is 58.1 Å². The normalized spacial score (nSPS) is 10.2. The molecule has 1 amide bonds. The van der Waals surface area contributed by atoms with E-state index in [9.17, 15) is 4.79 Å². The minimum absolute atomic E-state index is 0.102. The Balaban J connectivity index is 1.99. The van der Waals surface area contributed by atoms with E-state index in [1.165, 1.54) is 0 Å². The number of carbonyl (C=O) groups is 1. The lowest BCUT2D eigenvalue weighted by Gasteiger charge is -2.11. The SMILES string of the molecule is Cc1ccc(C(=O)NCc2ccnc(N(C)C)n2)cc1. The second-order valence-electron chi connectivity index (χ2n) is 4.79. The summed E-state index contributed by atoms with van der Waals surface area (Å²) in [5.41, 5.74) is 2.56. The molecule has 2 aromatic rings. The molecule has 1 N–H and O–H groups in total. The highest BCUT2D eigenvalue weighted by Gasteiger charge is 2.06. The summed E-state index contributed by atoms with van der Waals surface area (Å²) in [4.78, 5) is 22.3. The molecule has 104 valence electrons. The minimum Gasteiger partial charge on any atom is -0.347 e. The third-order valence-corrected chi connectivity index (χ3v) is 2.84. The molecule has 20 heavy (non-hydrogen) atoms. The van der Waals surface area contributed by atoms with Gasteiger partial charge in [-0.05, 0) is 25.1 Å². The molecule has 1 heterocycles. The maximum atomic E-state index is 12.0. The van der Waals surface area contributed by atoms with Gasteiger partial charge in [0.1, 0.15) is 0 Å². The fourth-order valence-electron chi connectivity index (χ4n) is 1.68. The van der Waals surface area contributed by atoms with Gasteiger partial charge in [0.25, 0.3) is 5.91 Å². The molecule has 0 aliphatic rings. The van der Waals surface area contributed by atoms with Gasteiger partial charge in [-0.1, -0.05) is 17.7 Å². The Bertz CT molecular complexity index is 593. The van der Waals surface area contributed by atoms with Gasteiger partial charge in [-0.15, -0.1) is 0 Å². The van der Waals surface area contributed by atoms with E-state index in [2.05, 4.69) is 15.3 Å². The van der Waals surface area contributed by atoms with Crippen molar-refractivity contribution in [3.8, 4) is 0 Å². The zero-order valence-corrected chi connectivity index (χ0v) is 11.9. The predicted molar refractivity (Wildman–Crippen MR) is 78.7 cm³/mol. The second kappa shape index (κ2) is 6.14. The lowest BCUT2D eigenvalue weighted by Crippen LogP contribution is -2.24. The van der Waals surface area contributed by atoms with Crippen molar-refractivity contribution in [2.24, 2.45) is 0 Å². The first-order chi connectivity index (χ1) is 9.56. The van der Waals surface area contributed by atoms with Crippen LogP contribution in [0.3, 0.4) is 0 Å². The van der Waals surface area contributed by atoms with Crippen LogP contribution in [0.2, 0.25) is 0 Å². The van der Waals surface area contributed by atoms with Gasteiger partial charge in [0, 0.05) is 25.9 Å². The van der Waals surface area contributed by atoms with E-state index in [0.29, 0.717) is 18.1 Å². The number of nitrogens with one attached hydrogen (secondary N) is 1. The van der Waals surface area contributed by atoms with Crippen LogP contribution in [0.4, 0.5) is 5.95 Å². The van der Waals surface area contributed by atoms with Crippen molar-refractivity contribution >= 4 is 11.9 Å². The largest absolute Gasteiger partial charge is 0.347 e. The van der Waals surface area contributed by atoms with Crippen LogP contribution in [0.15, 0.2) is 36.5 Å². The van der Waals surface area contributed by atoms with Gasteiger partial charge in [-0.2, -0.15) is 0 Å². The van der Waals surface area contributed by atoms with Gasteiger partial charge in [-0.25, -0.2) is 9.97 Å². The van der Waals surface area contributed by atoms with Gasteiger partial charge in [-0.3, -0.25) is 4.79 Å². The summed E-state index contributed by atoms with van der Waals surface area (Å²) in [7, 11) is 3.76. The number of hydrogen-bond donors (Lipinski definition) is 1. The average Bonchev–Trinajstić information content (AvgIpc) is 2.46. The maximum Gasteiger partial charge on any atom is 0.251 e. The third-order valence-electron chi connectivity index (χ3n) is 2.84. The standard InChI is InChI=1S/C15H18N4O/c1-11-4-6-12(7-5-11)14(20)17-10-13-8-9-16-15(18-13)19(2)3/h4-9H,10H2,1-3H3,(H,17,20). The Morgan fingerprint density at radius 2 is 1.90 bits per heavy atom. The molecular weight excluding hydrogens is 252 g/mol. The first kappa shape index (κ1) is 14.0. The summed E-state index contributed by atoms with van der Waals surface area (Å²) < 4.78 is 0. The van der Waals surface area contributed by atoms with E-state index >= 15 is 0 Å². The number of hydrogen-bond acceptors (Lipinski definition) is 4. The highest BCUT2D eigenvalue weighted by Crippen LogP contribution is 2.05. The number of nitrogens with zero attached hydrogens (tertiary/aromatic N) is 3. The van der Waals surface area contributed by atoms with Crippen LogP contribution in [0.5, 0.6) is 0 Å². The molecule has 0 saturated carbocycles. The van der Waals surface area contributed by atoms with Crippen LogP contribution in [0, 0.1) is 6.92 Å². The minimum atomic E-state index is -0.102. The van der Waals surface area contributed by atoms with Crippen LogP contribution in [0.25, 0.3) is 0 Å². The summed E-state index contributed by atoms with van der Waals surface area (Å²) in [6, 6.07) is 9.27. The van der Waals surface area contributed by atoms with Gasteiger partial charge < -0.3 is 10.2 Å². The van der Waals surface area contributed by atoms with E-state index in [-0.39, 0.29) is 5.91 Å². The molecule has 0 aliphatic carbocycles. The molecule has 1 aromatic heterocycles. The quantitative estimate of drug-likeness (QED) is 0.920. The Morgan fingerprint density at radius 3 is 2.55 bits per heavy atom. The third kappa shape index (κ3) is 3.54. The predicted octanol–water partition coefficient (Wildman–Crippen LogP) is 1.78. The molecule has 0 saturated heterocycles. The molecule has 0 unspecified atom stereocenters. The van der Waals surface area contributed by atoms with Gasteiger partial charge >= 0.3 is 0 Å². The van der Waals surface area contributed by atoms with E-state index in [1.807, 2.05) is 50.2 Å². The first-order valence-electron chi connectivity index (χ1n) is 6.40. The van der Waals surface area contributed by atoms with Gasteiger partial charge in [0.05, 0.1) is 12.2 Å². The van der Waals surface area contributed by atoms with E-state index in [0.717, 1.165) is 11.3 Å². The van der Waals surface area contributed by atoms with Crippen molar-refractivity contribution < 1.29 is 4.79 Å². The molecule has 0 aliphatic heterocycles. The Kier molecular flexibility index (Phi) is 4.30. The highest BCUT2D eigenvalue weighted by atomic mass is 16.1. The average molecular weight is 270 g/mol. The van der Waals surface area contributed by atoms with Gasteiger partial charge in [0.2, 0.25) is 5.95 Å². The molecule has 0 fully saturated rings. The molecule has 0 spiro atoms. The van der Waals surface area contributed by atoms with Crippen LogP contribution in [0.1, 0.15) is 21.6 Å². The highest BCUT2D eigenvalue weighted by molar-refractivity contribution is 5.94. The Morgan fingerprint density at radius 1 is 1.20 bits per heavy atom. The zero-order chi connectivity index (χ0) is 14.5. The van der Waals surface area contributed by atoms with Crippen molar-refractivity contribution in [3.63, 3.8) is 0 Å². The van der Waals surface area contributed by atoms with Crippen LogP contribution in [-0.2, 0) is 6.54 Å². The molecule has 1 aromatic carbocycles. The fourth-order valence-corrected chi connectivity index (χ4v) is 1.68. The number of benzene rings is 1. The zero-order valence-electron chi connectivity index (χ0n) is 11.9. The lowest BCUT2D eigenvalue weighted by atomic mass is 10.1. The molecule has 5 heteroatoms. The number of aromatic nitrogens is 2. The number of amides is 1. The monoisotopic (exact) mass is 270 g/mol. The summed E-state index contributed by atoms with van der Waals surface area (Å²) in [5, 5.41) is 2.85. The Hall–Kier alpha value is -2.43. The number of carbonyl (C=O) groups excluding carboxylic acids is 1. The summed E-state index contributed by atoms with van der Waals surface area (Å²) >= 11 is 0. The molecule has 5 nitrogen and oxygen atoms in total. The van der Waals surface area contributed by atoms with Crippen LogP contribution < -0.4 is 10.2 Å². The van der Waals surface area contributed by atoms with Crippen molar-refractivity contribution in [3.05, 3.63) is 53.3 Å². The van der Waals surface area contributed by atoms with Crippen molar-refractivity contribution in [1.82, 2.24) is 15.3 Å². The van der Waals surface area contributed by atoms with Crippen LogP contribution in [-0.4, -0.2) is 30.0 Å². The van der Waals surface area contributed by atoms with Crippen molar-refractivity contribution in [1.29, 1.82) is 0 Å². The number of rotatable bonds is 4. The Labute approximate surface area is 118 Å². The maximum absolute atomic E-state index is 12.0. The molecule has 0 radical (unpaired) electrons. The molecule has 0 atom stereocenters. The summed E-state index contributed by atoms with van der Waals surface area (Å²) in [5.74, 6) is 0.530. The van der Waals surface area contributed by atoms with Crippen molar-refractivity contribution in [2.75, 3.05) is 19.0 Å². The number of aryl methyl sites for hydroxylation is 1. The lowest BCUT2D eigenvalue weighted by molar-refractivity contribution is 0.0950. The molecular formula is C15H18N4O. The van der Waals surface area contributed by atoms with Gasteiger partial charge in [0.15, 0.2) is 0 Å². The number of anilines is 1. The molecule has 0 bridgehead atoms. The van der Waals surface area contributed by atoms with E-state index in [1.54, 1.807) is 12.3 Å². The van der Waals surface area contributed by atoms with E-state index in [4.69, 9.17) is 0 Å². The second-order valence-corrected chi connectivity index (χ2v) is 4.79. The van der Waals surface area contributed by atoms with E-state index < -0.39 is 0 Å². The summed E-state index contributed by atoms with van der Waals surface area (Å²) in [6.07, 6.45) is 1.69. The molecule has 2 rings (SSSR count). The van der Waals surface area contributed by atoms with Crippen molar-refractivity contribution in [2.45, 2.75) is 13.5 Å². The summed E-state index contributed by atoms with van der Waals surface area (Å²) in [6.45, 7) is 2.38.